The van der Waals surface area contributed by atoms with E-state index < -0.39 is 0 Å². The molecule has 0 heterocycles. The molecule has 0 bridgehead atoms. The summed E-state index contributed by atoms with van der Waals surface area (Å²) in [6, 6.07) is 5.24. The number of hydrogen-bond donors (Lipinski definition) is 1. The molecule has 0 fully saturated rings. The molecule has 1 rings (SSSR count). The van der Waals surface area contributed by atoms with Crippen LogP contribution >= 0.6 is 0 Å². The maximum absolute atomic E-state index is 13.7. The van der Waals surface area contributed by atoms with E-state index in [0.717, 1.165) is 6.42 Å². The van der Waals surface area contributed by atoms with Crippen LogP contribution in [0.15, 0.2) is 18.2 Å². The zero-order valence-corrected chi connectivity index (χ0v) is 9.29. The second-order valence-electron chi connectivity index (χ2n) is 3.62. The molecule has 1 aromatic carbocycles. The molecular weight excluding hydrogens is 193 g/mol. The van der Waals surface area contributed by atoms with Gasteiger partial charge in [-0.05, 0) is 13.3 Å². The molecule has 0 amide bonds. The lowest BCUT2D eigenvalue weighted by molar-refractivity contribution is 0.0491. The lowest BCUT2D eigenvalue weighted by Gasteiger charge is -2.12. The highest BCUT2D eigenvalue weighted by Gasteiger charge is 2.07. The zero-order valence-electron chi connectivity index (χ0n) is 9.29. The van der Waals surface area contributed by atoms with E-state index in [4.69, 9.17) is 10.5 Å². The van der Waals surface area contributed by atoms with E-state index in [2.05, 4.69) is 0 Å². The highest BCUT2D eigenvalue weighted by atomic mass is 19.1. The SMILES string of the molecule is CCC(C)OCc1cccc(CN)c1F. The monoisotopic (exact) mass is 211 g/mol. The summed E-state index contributed by atoms with van der Waals surface area (Å²) in [5.74, 6) is -0.233. The predicted molar refractivity (Wildman–Crippen MR) is 58.8 cm³/mol. The first-order valence-electron chi connectivity index (χ1n) is 5.27. The third-order valence-electron chi connectivity index (χ3n) is 2.48. The van der Waals surface area contributed by atoms with Gasteiger partial charge in [-0.3, -0.25) is 0 Å². The smallest absolute Gasteiger partial charge is 0.133 e. The van der Waals surface area contributed by atoms with Crippen LogP contribution in [0.25, 0.3) is 0 Å². The van der Waals surface area contributed by atoms with Crippen molar-refractivity contribution in [2.75, 3.05) is 0 Å². The van der Waals surface area contributed by atoms with Crippen molar-refractivity contribution >= 4 is 0 Å². The lowest BCUT2D eigenvalue weighted by Crippen LogP contribution is -2.09. The van der Waals surface area contributed by atoms with Crippen molar-refractivity contribution in [3.63, 3.8) is 0 Å². The van der Waals surface area contributed by atoms with Gasteiger partial charge in [0, 0.05) is 17.7 Å². The molecule has 2 nitrogen and oxygen atoms in total. The first-order chi connectivity index (χ1) is 7.19. The largest absolute Gasteiger partial charge is 0.374 e. The van der Waals surface area contributed by atoms with Crippen molar-refractivity contribution < 1.29 is 9.13 Å². The lowest BCUT2D eigenvalue weighted by atomic mass is 10.1. The van der Waals surface area contributed by atoms with Gasteiger partial charge >= 0.3 is 0 Å². The van der Waals surface area contributed by atoms with Gasteiger partial charge in [0.05, 0.1) is 12.7 Å². The van der Waals surface area contributed by atoms with Crippen molar-refractivity contribution in [1.29, 1.82) is 0 Å². The van der Waals surface area contributed by atoms with E-state index in [9.17, 15) is 4.39 Å². The molecular formula is C12H18FNO. The predicted octanol–water partition coefficient (Wildman–Crippen LogP) is 2.60. The van der Waals surface area contributed by atoms with Crippen molar-refractivity contribution in [2.24, 2.45) is 5.73 Å². The van der Waals surface area contributed by atoms with E-state index in [1.165, 1.54) is 0 Å². The minimum Gasteiger partial charge on any atom is -0.374 e. The van der Waals surface area contributed by atoms with Crippen LogP contribution in [0.5, 0.6) is 0 Å². The van der Waals surface area contributed by atoms with Crippen LogP contribution < -0.4 is 5.73 Å². The molecule has 2 N–H and O–H groups in total. The molecule has 1 unspecified atom stereocenters. The van der Waals surface area contributed by atoms with Crippen LogP contribution in [0.3, 0.4) is 0 Å². The Labute approximate surface area is 90.2 Å². The highest BCUT2D eigenvalue weighted by Crippen LogP contribution is 2.14. The highest BCUT2D eigenvalue weighted by molar-refractivity contribution is 5.25. The summed E-state index contributed by atoms with van der Waals surface area (Å²) >= 11 is 0. The Balaban J connectivity index is 2.68. The van der Waals surface area contributed by atoms with Gasteiger partial charge in [0.1, 0.15) is 5.82 Å². The van der Waals surface area contributed by atoms with Gasteiger partial charge in [0.2, 0.25) is 0 Å². The quantitative estimate of drug-likeness (QED) is 0.812. The Kier molecular flexibility index (Phi) is 4.72. The van der Waals surface area contributed by atoms with Gasteiger partial charge in [0.25, 0.3) is 0 Å². The molecule has 0 saturated carbocycles. The van der Waals surface area contributed by atoms with Crippen LogP contribution in [0, 0.1) is 5.82 Å². The van der Waals surface area contributed by atoms with E-state index in [0.29, 0.717) is 17.7 Å². The first-order valence-corrected chi connectivity index (χ1v) is 5.27. The second-order valence-corrected chi connectivity index (χ2v) is 3.62. The van der Waals surface area contributed by atoms with E-state index in [-0.39, 0.29) is 18.5 Å². The normalized spacial score (nSPS) is 12.8. The number of ether oxygens (including phenoxy) is 1. The Morgan fingerprint density at radius 2 is 2.07 bits per heavy atom. The second kappa shape index (κ2) is 5.83. The molecule has 84 valence electrons. The van der Waals surface area contributed by atoms with Crippen LogP contribution in [0.4, 0.5) is 4.39 Å². The minimum atomic E-state index is -0.233. The topological polar surface area (TPSA) is 35.2 Å². The fourth-order valence-corrected chi connectivity index (χ4v) is 1.25. The Hall–Kier alpha value is -0.930. The van der Waals surface area contributed by atoms with Crippen LogP contribution in [-0.2, 0) is 17.9 Å². The molecule has 1 aromatic rings. The number of hydrogen-bond acceptors (Lipinski definition) is 2. The van der Waals surface area contributed by atoms with Crippen molar-refractivity contribution in [3.8, 4) is 0 Å². The minimum absolute atomic E-state index is 0.158. The molecule has 0 aliphatic heterocycles. The van der Waals surface area contributed by atoms with Crippen LogP contribution in [0.1, 0.15) is 31.4 Å². The Morgan fingerprint density at radius 1 is 1.40 bits per heavy atom. The first kappa shape index (κ1) is 12.1. The molecule has 0 spiro atoms. The van der Waals surface area contributed by atoms with Gasteiger partial charge in [-0.25, -0.2) is 4.39 Å². The number of benzene rings is 1. The van der Waals surface area contributed by atoms with Gasteiger partial charge in [-0.1, -0.05) is 25.1 Å². The van der Waals surface area contributed by atoms with Gasteiger partial charge in [-0.2, -0.15) is 0 Å². The summed E-state index contributed by atoms with van der Waals surface area (Å²) in [7, 11) is 0. The Morgan fingerprint density at radius 3 is 2.67 bits per heavy atom. The summed E-state index contributed by atoms with van der Waals surface area (Å²) < 4.78 is 19.1. The maximum Gasteiger partial charge on any atom is 0.133 e. The van der Waals surface area contributed by atoms with E-state index in [1.54, 1.807) is 18.2 Å². The molecule has 0 saturated heterocycles. The fourth-order valence-electron chi connectivity index (χ4n) is 1.25. The van der Waals surface area contributed by atoms with Gasteiger partial charge < -0.3 is 10.5 Å². The summed E-state index contributed by atoms with van der Waals surface area (Å²) in [5.41, 5.74) is 6.54. The average Bonchev–Trinajstić information content (AvgIpc) is 2.27. The molecule has 0 aromatic heterocycles. The Bertz CT molecular complexity index is 314. The summed E-state index contributed by atoms with van der Waals surface area (Å²) in [6.07, 6.45) is 1.09. The maximum atomic E-state index is 13.7. The van der Waals surface area contributed by atoms with Crippen molar-refractivity contribution in [3.05, 3.63) is 35.1 Å². The summed E-state index contributed by atoms with van der Waals surface area (Å²) in [5, 5.41) is 0. The number of halogens is 1. The third kappa shape index (κ3) is 3.29. The van der Waals surface area contributed by atoms with E-state index in [1.807, 2.05) is 13.8 Å². The molecule has 15 heavy (non-hydrogen) atoms. The van der Waals surface area contributed by atoms with E-state index >= 15 is 0 Å². The molecule has 0 aliphatic carbocycles. The summed E-state index contributed by atoms with van der Waals surface area (Å²) in [4.78, 5) is 0. The molecule has 3 heteroatoms. The van der Waals surface area contributed by atoms with Crippen LogP contribution in [-0.4, -0.2) is 6.10 Å². The van der Waals surface area contributed by atoms with Crippen LogP contribution in [0.2, 0.25) is 0 Å². The number of nitrogens with two attached hydrogens (primary N) is 1. The average molecular weight is 211 g/mol. The summed E-state index contributed by atoms with van der Waals surface area (Å²) in [6.45, 7) is 4.56. The standard InChI is InChI=1S/C12H18FNO/c1-3-9(2)15-8-11-6-4-5-10(7-14)12(11)13/h4-6,9H,3,7-8,14H2,1-2H3. The number of rotatable bonds is 5. The fraction of sp³-hybridized carbons (Fsp3) is 0.500. The molecule has 1 atom stereocenters. The van der Waals surface area contributed by atoms with Crippen molar-refractivity contribution in [1.82, 2.24) is 0 Å². The zero-order chi connectivity index (χ0) is 11.3. The van der Waals surface area contributed by atoms with Gasteiger partial charge in [0.15, 0.2) is 0 Å². The van der Waals surface area contributed by atoms with Gasteiger partial charge in [-0.15, -0.1) is 0 Å². The molecule has 0 aliphatic rings. The third-order valence-corrected chi connectivity index (χ3v) is 2.48. The molecule has 0 radical (unpaired) electrons. The van der Waals surface area contributed by atoms with Crippen molar-refractivity contribution in [2.45, 2.75) is 39.5 Å².